The van der Waals surface area contributed by atoms with Gasteiger partial charge in [-0.15, -0.1) is 0 Å². The highest BCUT2D eigenvalue weighted by molar-refractivity contribution is 5.77. The number of methoxy groups -OCH3 is 2. The van der Waals surface area contributed by atoms with Gasteiger partial charge >= 0.3 is 0 Å². The molecule has 2 atom stereocenters. The minimum atomic E-state index is -1.20. The molecule has 0 saturated carbocycles. The van der Waals surface area contributed by atoms with Crippen molar-refractivity contribution in [1.29, 1.82) is 0 Å². The fourth-order valence-corrected chi connectivity index (χ4v) is 1.84. The molecule has 0 heterocycles. The summed E-state index contributed by atoms with van der Waals surface area (Å²) in [6.07, 6.45) is -1.37. The Morgan fingerprint density at radius 2 is 2.00 bits per heavy atom. The fourth-order valence-electron chi connectivity index (χ4n) is 1.84. The summed E-state index contributed by atoms with van der Waals surface area (Å²) in [7, 11) is 2.85. The zero-order valence-corrected chi connectivity index (χ0v) is 11.0. The van der Waals surface area contributed by atoms with Gasteiger partial charge in [-0.25, -0.2) is 0 Å². The number of carbonyl (C=O) groups excluding carboxylic acids is 1. The van der Waals surface area contributed by atoms with Crippen molar-refractivity contribution in [3.05, 3.63) is 23.3 Å². The van der Waals surface area contributed by atoms with E-state index in [0.717, 1.165) is 0 Å². The molecule has 0 saturated heterocycles. The minimum Gasteiger partial charge on any atom is -0.493 e. The van der Waals surface area contributed by atoms with Gasteiger partial charge in [0.2, 0.25) is 0 Å². The molecule has 6 nitrogen and oxygen atoms in total. The molecule has 1 aromatic carbocycles. The third-order valence-electron chi connectivity index (χ3n) is 2.81. The Kier molecular flexibility index (Phi) is 5.75. The van der Waals surface area contributed by atoms with Crippen molar-refractivity contribution in [3.63, 3.8) is 0 Å². The van der Waals surface area contributed by atoms with Crippen LogP contribution < -0.4 is 15.2 Å². The van der Waals surface area contributed by atoms with E-state index in [4.69, 9.17) is 15.2 Å². The summed E-state index contributed by atoms with van der Waals surface area (Å²) in [5.74, 6) is 0.609. The second-order valence-corrected chi connectivity index (χ2v) is 4.05. The van der Waals surface area contributed by atoms with Gasteiger partial charge in [0.25, 0.3) is 0 Å². The number of benzene rings is 1. The van der Waals surface area contributed by atoms with Crippen molar-refractivity contribution in [3.8, 4) is 11.5 Å². The van der Waals surface area contributed by atoms with Crippen LogP contribution in [-0.2, 0) is 0 Å². The van der Waals surface area contributed by atoms with E-state index >= 15 is 0 Å². The van der Waals surface area contributed by atoms with Gasteiger partial charge in [0.05, 0.1) is 20.3 Å². The van der Waals surface area contributed by atoms with Gasteiger partial charge in [-0.05, 0) is 25.1 Å². The molecular weight excluding hydrogens is 250 g/mol. The van der Waals surface area contributed by atoms with Gasteiger partial charge < -0.3 is 25.4 Å². The van der Waals surface area contributed by atoms with E-state index in [1.165, 1.54) is 26.4 Å². The maximum absolute atomic E-state index is 10.9. The van der Waals surface area contributed by atoms with Gasteiger partial charge in [-0.2, -0.15) is 0 Å². The van der Waals surface area contributed by atoms with Crippen molar-refractivity contribution >= 4 is 6.29 Å². The zero-order valence-electron chi connectivity index (χ0n) is 11.0. The number of hydrogen-bond donors (Lipinski definition) is 3. The van der Waals surface area contributed by atoms with Crippen LogP contribution in [-0.4, -0.2) is 43.4 Å². The average molecular weight is 269 g/mol. The number of nitrogens with two attached hydrogens (primary N) is 1. The number of aliphatic hydroxyl groups is 2. The van der Waals surface area contributed by atoms with Crippen LogP contribution in [0.2, 0.25) is 0 Å². The Hall–Kier alpha value is -1.63. The number of ether oxygens (including phenoxy) is 2. The molecule has 0 aliphatic heterocycles. The maximum Gasteiger partial charge on any atom is 0.166 e. The molecular formula is C13H19NO5. The first kappa shape index (κ1) is 15.4. The van der Waals surface area contributed by atoms with Crippen LogP contribution in [0, 0.1) is 0 Å². The van der Waals surface area contributed by atoms with Crippen LogP contribution >= 0.6 is 0 Å². The van der Waals surface area contributed by atoms with Gasteiger partial charge in [-0.1, -0.05) is 0 Å². The predicted molar refractivity (Wildman–Crippen MR) is 69.6 cm³/mol. The van der Waals surface area contributed by atoms with Crippen molar-refractivity contribution < 1.29 is 24.5 Å². The van der Waals surface area contributed by atoms with Crippen LogP contribution in [0.1, 0.15) is 28.4 Å². The summed E-state index contributed by atoms with van der Waals surface area (Å²) in [5, 5.41) is 19.9. The number of carbonyl (C=O) groups is 1. The molecule has 1 aromatic rings. The van der Waals surface area contributed by atoms with Gasteiger partial charge in [0, 0.05) is 11.1 Å². The summed E-state index contributed by atoms with van der Waals surface area (Å²) >= 11 is 0. The van der Waals surface area contributed by atoms with Crippen molar-refractivity contribution in [2.45, 2.75) is 18.6 Å². The number of aliphatic hydroxyl groups excluding tert-OH is 2. The highest BCUT2D eigenvalue weighted by Gasteiger charge is 2.24. The van der Waals surface area contributed by atoms with Crippen molar-refractivity contribution in [2.24, 2.45) is 5.73 Å². The van der Waals surface area contributed by atoms with E-state index in [9.17, 15) is 15.0 Å². The van der Waals surface area contributed by atoms with Crippen LogP contribution in [0.15, 0.2) is 12.1 Å². The second-order valence-electron chi connectivity index (χ2n) is 4.05. The highest BCUT2D eigenvalue weighted by Crippen LogP contribution is 2.37. The standard InChI is InChI=1S/C13H19NO5/c1-18-11-6-8(7-15)5-9(13(11)19-2)12(17)10(16)3-4-14/h5-7,10,12,16-17H,3-4,14H2,1-2H3. The van der Waals surface area contributed by atoms with Crippen molar-refractivity contribution in [1.82, 2.24) is 0 Å². The van der Waals surface area contributed by atoms with E-state index in [0.29, 0.717) is 23.2 Å². The first-order chi connectivity index (χ1) is 9.08. The van der Waals surface area contributed by atoms with Gasteiger partial charge in [-0.3, -0.25) is 4.79 Å². The summed E-state index contributed by atoms with van der Waals surface area (Å²) in [6.45, 7) is 0.241. The minimum absolute atomic E-state index is 0.234. The Bertz CT molecular complexity index is 435. The molecule has 4 N–H and O–H groups in total. The van der Waals surface area contributed by atoms with Crippen molar-refractivity contribution in [2.75, 3.05) is 20.8 Å². The molecule has 0 radical (unpaired) electrons. The Labute approximate surface area is 111 Å². The van der Waals surface area contributed by atoms with Gasteiger partial charge in [0.15, 0.2) is 11.5 Å². The third-order valence-corrected chi connectivity index (χ3v) is 2.81. The van der Waals surface area contributed by atoms with Crippen LogP contribution in [0.4, 0.5) is 0 Å². The van der Waals surface area contributed by atoms with E-state index in [1.807, 2.05) is 0 Å². The average Bonchev–Trinajstić information content (AvgIpc) is 2.44. The number of hydrogen-bond acceptors (Lipinski definition) is 6. The maximum atomic E-state index is 10.9. The molecule has 0 amide bonds. The topological polar surface area (TPSA) is 102 Å². The largest absolute Gasteiger partial charge is 0.493 e. The Balaban J connectivity index is 3.26. The van der Waals surface area contributed by atoms with Crippen LogP contribution in [0.25, 0.3) is 0 Å². The summed E-state index contributed by atoms with van der Waals surface area (Å²) in [5.41, 5.74) is 5.97. The molecule has 6 heteroatoms. The molecule has 0 fully saturated rings. The molecule has 19 heavy (non-hydrogen) atoms. The van der Waals surface area contributed by atoms with Gasteiger partial charge in [0.1, 0.15) is 12.4 Å². The normalized spacial score (nSPS) is 13.7. The molecule has 0 aliphatic carbocycles. The van der Waals surface area contributed by atoms with E-state index < -0.39 is 12.2 Å². The smallest absolute Gasteiger partial charge is 0.166 e. The van der Waals surface area contributed by atoms with Crippen LogP contribution in [0.5, 0.6) is 11.5 Å². The summed E-state index contributed by atoms with van der Waals surface area (Å²) in [4.78, 5) is 10.9. The lowest BCUT2D eigenvalue weighted by atomic mass is 9.98. The monoisotopic (exact) mass is 269 g/mol. The highest BCUT2D eigenvalue weighted by atomic mass is 16.5. The summed E-state index contributed by atoms with van der Waals surface area (Å²) in [6, 6.07) is 2.95. The first-order valence-corrected chi connectivity index (χ1v) is 5.86. The Morgan fingerprint density at radius 1 is 1.32 bits per heavy atom. The third kappa shape index (κ3) is 3.44. The quantitative estimate of drug-likeness (QED) is 0.614. The molecule has 0 aromatic heterocycles. The lowest BCUT2D eigenvalue weighted by Gasteiger charge is -2.21. The summed E-state index contributed by atoms with van der Waals surface area (Å²) < 4.78 is 10.3. The fraction of sp³-hybridized carbons (Fsp3) is 0.462. The molecule has 0 spiro atoms. The second kappa shape index (κ2) is 7.08. The van der Waals surface area contributed by atoms with E-state index in [1.54, 1.807) is 0 Å². The van der Waals surface area contributed by atoms with Crippen LogP contribution in [0.3, 0.4) is 0 Å². The number of rotatable bonds is 7. The lowest BCUT2D eigenvalue weighted by molar-refractivity contribution is 0.0135. The molecule has 0 bridgehead atoms. The molecule has 0 aliphatic rings. The first-order valence-electron chi connectivity index (χ1n) is 5.86. The Morgan fingerprint density at radius 3 is 2.47 bits per heavy atom. The predicted octanol–water partition coefficient (Wildman–Crippen LogP) is 0.259. The zero-order chi connectivity index (χ0) is 14.4. The molecule has 1 rings (SSSR count). The van der Waals surface area contributed by atoms with E-state index in [2.05, 4.69) is 0 Å². The molecule has 106 valence electrons. The lowest BCUT2D eigenvalue weighted by Crippen LogP contribution is -2.22. The number of aldehydes is 1. The SMILES string of the molecule is COc1cc(C=O)cc(C(O)C(O)CCN)c1OC. The molecule has 2 unspecified atom stereocenters. The van der Waals surface area contributed by atoms with E-state index in [-0.39, 0.29) is 18.7 Å².